The fraction of sp³-hybridized carbons (Fsp3) is 0.250. The number of fused-ring (bicyclic) bond motifs is 1. The zero-order chi connectivity index (χ0) is 11.4. The Kier molecular flexibility index (Phi) is 3.10. The van der Waals surface area contributed by atoms with Gasteiger partial charge in [0, 0.05) is 12.5 Å². The molecule has 1 aliphatic heterocycles. The molecule has 0 amide bonds. The predicted octanol–water partition coefficient (Wildman–Crippen LogP) is 1.95. The molecule has 1 heterocycles. The number of carboxylic acid groups (broad SMARTS) is 1. The molecule has 16 heavy (non-hydrogen) atoms. The molecule has 1 N–H and O–H groups in total. The van der Waals surface area contributed by atoms with Gasteiger partial charge in [-0.2, -0.15) is 0 Å². The first-order valence-corrected chi connectivity index (χ1v) is 5.06. The SMILES string of the molecule is O=C(O)/C=C/c1ccc2c(c1)OCCCO2. The molecule has 0 aromatic heterocycles. The van der Waals surface area contributed by atoms with Crippen LogP contribution in [0.5, 0.6) is 11.5 Å². The molecule has 0 unspecified atom stereocenters. The molecule has 0 saturated carbocycles. The Labute approximate surface area is 93.1 Å². The van der Waals surface area contributed by atoms with E-state index in [2.05, 4.69) is 0 Å². The second-order valence-corrected chi connectivity index (χ2v) is 3.43. The van der Waals surface area contributed by atoms with E-state index in [0.29, 0.717) is 24.7 Å². The fourth-order valence-electron chi connectivity index (χ4n) is 1.45. The van der Waals surface area contributed by atoms with Crippen LogP contribution in [0.15, 0.2) is 24.3 Å². The maximum atomic E-state index is 10.4. The van der Waals surface area contributed by atoms with Gasteiger partial charge in [0.05, 0.1) is 13.2 Å². The van der Waals surface area contributed by atoms with Gasteiger partial charge >= 0.3 is 5.97 Å². The van der Waals surface area contributed by atoms with Crippen molar-refractivity contribution in [1.29, 1.82) is 0 Å². The second kappa shape index (κ2) is 4.70. The zero-order valence-corrected chi connectivity index (χ0v) is 8.68. The van der Waals surface area contributed by atoms with Gasteiger partial charge in [0.1, 0.15) is 0 Å². The van der Waals surface area contributed by atoms with Crippen LogP contribution >= 0.6 is 0 Å². The molecule has 2 rings (SSSR count). The van der Waals surface area contributed by atoms with E-state index in [4.69, 9.17) is 14.6 Å². The van der Waals surface area contributed by atoms with E-state index >= 15 is 0 Å². The van der Waals surface area contributed by atoms with Crippen molar-refractivity contribution in [2.24, 2.45) is 0 Å². The van der Waals surface area contributed by atoms with Crippen LogP contribution in [0.25, 0.3) is 6.08 Å². The van der Waals surface area contributed by atoms with Gasteiger partial charge in [0.2, 0.25) is 0 Å². The number of aliphatic carboxylic acids is 1. The van der Waals surface area contributed by atoms with Gasteiger partial charge < -0.3 is 14.6 Å². The van der Waals surface area contributed by atoms with E-state index < -0.39 is 5.97 Å². The summed E-state index contributed by atoms with van der Waals surface area (Å²) in [5.74, 6) is 0.419. The summed E-state index contributed by atoms with van der Waals surface area (Å²) < 4.78 is 11.0. The molecule has 0 saturated heterocycles. The summed E-state index contributed by atoms with van der Waals surface area (Å²) in [6.07, 6.45) is 3.48. The molecule has 1 aromatic rings. The Hall–Kier alpha value is -1.97. The Balaban J connectivity index is 2.24. The average molecular weight is 220 g/mol. The summed E-state index contributed by atoms with van der Waals surface area (Å²) in [6, 6.07) is 5.37. The number of carboxylic acids is 1. The third kappa shape index (κ3) is 2.53. The van der Waals surface area contributed by atoms with Crippen LogP contribution in [-0.4, -0.2) is 24.3 Å². The summed E-state index contributed by atoms with van der Waals surface area (Å²) >= 11 is 0. The summed E-state index contributed by atoms with van der Waals surface area (Å²) in [7, 11) is 0. The van der Waals surface area contributed by atoms with Crippen LogP contribution in [-0.2, 0) is 4.79 Å². The lowest BCUT2D eigenvalue weighted by Gasteiger charge is -2.07. The molecule has 0 bridgehead atoms. The van der Waals surface area contributed by atoms with Crippen molar-refractivity contribution in [3.05, 3.63) is 29.8 Å². The molecule has 4 nitrogen and oxygen atoms in total. The van der Waals surface area contributed by atoms with Crippen LogP contribution in [0.4, 0.5) is 0 Å². The Morgan fingerprint density at radius 3 is 2.75 bits per heavy atom. The maximum Gasteiger partial charge on any atom is 0.328 e. The zero-order valence-electron chi connectivity index (χ0n) is 8.68. The van der Waals surface area contributed by atoms with Gasteiger partial charge in [-0.25, -0.2) is 4.79 Å². The van der Waals surface area contributed by atoms with Gasteiger partial charge in [-0.15, -0.1) is 0 Å². The van der Waals surface area contributed by atoms with Crippen molar-refractivity contribution in [2.45, 2.75) is 6.42 Å². The lowest BCUT2D eigenvalue weighted by Crippen LogP contribution is -1.97. The van der Waals surface area contributed by atoms with Crippen molar-refractivity contribution in [1.82, 2.24) is 0 Å². The van der Waals surface area contributed by atoms with Gasteiger partial charge in [0.15, 0.2) is 11.5 Å². The minimum atomic E-state index is -0.966. The van der Waals surface area contributed by atoms with E-state index in [9.17, 15) is 4.79 Å². The van der Waals surface area contributed by atoms with E-state index in [1.807, 2.05) is 0 Å². The van der Waals surface area contributed by atoms with Gasteiger partial charge in [-0.3, -0.25) is 0 Å². The lowest BCUT2D eigenvalue weighted by molar-refractivity contribution is -0.131. The first kappa shape index (κ1) is 10.5. The molecular weight excluding hydrogens is 208 g/mol. The number of benzene rings is 1. The number of carbonyl (C=O) groups is 1. The van der Waals surface area contributed by atoms with E-state index in [-0.39, 0.29) is 0 Å². The van der Waals surface area contributed by atoms with Crippen LogP contribution in [0.1, 0.15) is 12.0 Å². The molecule has 0 fully saturated rings. The molecular formula is C12H12O4. The van der Waals surface area contributed by atoms with Crippen molar-refractivity contribution >= 4 is 12.0 Å². The minimum absolute atomic E-state index is 0.624. The molecule has 0 spiro atoms. The van der Waals surface area contributed by atoms with Gasteiger partial charge in [-0.05, 0) is 23.8 Å². The Morgan fingerprint density at radius 2 is 2.00 bits per heavy atom. The highest BCUT2D eigenvalue weighted by molar-refractivity contribution is 5.85. The topological polar surface area (TPSA) is 55.8 Å². The largest absolute Gasteiger partial charge is 0.490 e. The summed E-state index contributed by atoms with van der Waals surface area (Å²) in [5.41, 5.74) is 0.784. The monoisotopic (exact) mass is 220 g/mol. The fourth-order valence-corrected chi connectivity index (χ4v) is 1.45. The molecule has 4 heteroatoms. The first-order chi connectivity index (χ1) is 7.75. The van der Waals surface area contributed by atoms with Crippen LogP contribution in [0.3, 0.4) is 0 Å². The van der Waals surface area contributed by atoms with E-state index in [1.54, 1.807) is 18.2 Å². The van der Waals surface area contributed by atoms with Crippen molar-refractivity contribution in [3.63, 3.8) is 0 Å². The minimum Gasteiger partial charge on any atom is -0.490 e. The molecule has 0 radical (unpaired) electrons. The smallest absolute Gasteiger partial charge is 0.328 e. The number of rotatable bonds is 2. The normalized spacial score (nSPS) is 14.8. The molecule has 84 valence electrons. The number of hydrogen-bond acceptors (Lipinski definition) is 3. The highest BCUT2D eigenvalue weighted by atomic mass is 16.5. The summed E-state index contributed by atoms with van der Waals surface area (Å²) in [4.78, 5) is 10.4. The van der Waals surface area contributed by atoms with Gasteiger partial charge in [0.25, 0.3) is 0 Å². The molecule has 0 aliphatic carbocycles. The summed E-state index contributed by atoms with van der Waals surface area (Å²) in [5, 5.41) is 8.52. The highest BCUT2D eigenvalue weighted by Crippen LogP contribution is 2.30. The molecule has 1 aliphatic rings. The van der Waals surface area contributed by atoms with E-state index in [0.717, 1.165) is 18.1 Å². The highest BCUT2D eigenvalue weighted by Gasteiger charge is 2.09. The maximum absolute atomic E-state index is 10.4. The standard InChI is InChI=1S/C12H12O4/c13-12(14)5-3-9-2-4-10-11(8-9)16-7-1-6-15-10/h2-5,8H,1,6-7H2,(H,13,14)/b5-3+. The van der Waals surface area contributed by atoms with Crippen molar-refractivity contribution in [2.75, 3.05) is 13.2 Å². The van der Waals surface area contributed by atoms with Crippen LogP contribution in [0, 0.1) is 0 Å². The number of ether oxygens (including phenoxy) is 2. The second-order valence-electron chi connectivity index (χ2n) is 3.43. The average Bonchev–Trinajstić information content (AvgIpc) is 2.50. The van der Waals surface area contributed by atoms with Crippen LogP contribution in [0.2, 0.25) is 0 Å². The predicted molar refractivity (Wildman–Crippen MR) is 58.7 cm³/mol. The Morgan fingerprint density at radius 1 is 1.25 bits per heavy atom. The van der Waals surface area contributed by atoms with Crippen LogP contribution < -0.4 is 9.47 Å². The lowest BCUT2D eigenvalue weighted by atomic mass is 10.2. The van der Waals surface area contributed by atoms with Crippen molar-refractivity contribution < 1.29 is 19.4 Å². The Bertz CT molecular complexity index is 423. The van der Waals surface area contributed by atoms with E-state index in [1.165, 1.54) is 6.08 Å². The number of hydrogen-bond donors (Lipinski definition) is 1. The van der Waals surface area contributed by atoms with Gasteiger partial charge in [-0.1, -0.05) is 6.07 Å². The third-order valence-corrected chi connectivity index (χ3v) is 2.19. The summed E-state index contributed by atoms with van der Waals surface area (Å²) in [6.45, 7) is 1.27. The third-order valence-electron chi connectivity index (χ3n) is 2.19. The van der Waals surface area contributed by atoms with Crippen molar-refractivity contribution in [3.8, 4) is 11.5 Å². The first-order valence-electron chi connectivity index (χ1n) is 5.06. The molecule has 1 aromatic carbocycles. The molecule has 0 atom stereocenters. The quantitative estimate of drug-likeness (QED) is 0.774.